The number of Topliss-reactive ketones (excluding diaryl/α,β-unsaturated/α-hetero) is 1. The normalized spacial score (nSPS) is 26.2. The predicted octanol–water partition coefficient (Wildman–Crippen LogP) is 7.59. The van der Waals surface area contributed by atoms with E-state index in [0.717, 1.165) is 31.4 Å². The maximum Gasteiger partial charge on any atom is 0.312 e. The third-order valence-electron chi connectivity index (χ3n) is 13.1. The minimum absolute atomic E-state index is 0.0169. The molecule has 13 nitrogen and oxygen atoms in total. The highest BCUT2D eigenvalue weighted by molar-refractivity contribution is 6.36. The molecule has 0 spiro atoms. The Morgan fingerprint density at radius 2 is 1.73 bits per heavy atom. The van der Waals surface area contributed by atoms with E-state index in [9.17, 15) is 19.2 Å². The van der Waals surface area contributed by atoms with Crippen molar-refractivity contribution in [2.24, 2.45) is 40.4 Å². The number of amides is 1. The molecule has 3 heterocycles. The summed E-state index contributed by atoms with van der Waals surface area (Å²) in [5.41, 5.74) is -0.210. The fraction of sp³-hybridized carbons (Fsp3) is 0.652. The van der Waals surface area contributed by atoms with Crippen molar-refractivity contribution in [3.05, 3.63) is 41.2 Å². The highest BCUT2D eigenvalue weighted by atomic mass is 35.5. The van der Waals surface area contributed by atoms with Crippen molar-refractivity contribution in [2.45, 2.75) is 118 Å². The number of nitrogens with zero attached hydrogens (tertiary/aromatic N) is 4. The molecule has 8 atom stereocenters. The molecule has 60 heavy (non-hydrogen) atoms. The van der Waals surface area contributed by atoms with Gasteiger partial charge in [0.2, 0.25) is 5.91 Å². The summed E-state index contributed by atoms with van der Waals surface area (Å²) >= 11 is 7.00. The van der Waals surface area contributed by atoms with Gasteiger partial charge in [0.25, 0.3) is 0 Å². The first-order valence-electron chi connectivity index (χ1n) is 21.6. The number of hydrogen-bond donors (Lipinski definition) is 0. The van der Waals surface area contributed by atoms with Crippen LogP contribution in [0.25, 0.3) is 16.7 Å². The Hall–Kier alpha value is -4.23. The third kappa shape index (κ3) is 9.32. The van der Waals surface area contributed by atoms with Gasteiger partial charge in [0, 0.05) is 37.6 Å². The molecule has 3 aromatic rings. The number of halogens is 1. The SMILES string of the molecule is CC[C@@H]1C[C@]1(CC(=O)[C@@H]1C[C@@H](Oc2cc(-n3ccc(CC(C)C)n3)nc3c(Cl)c(OCCOC)ccc23)CN1C(=O)[C@@H](CC(=O)OC1C[C@@H]2C[C@@H]2C1)C(C)(C)C)C(=O)OC. The summed E-state index contributed by atoms with van der Waals surface area (Å²) in [6.45, 7) is 12.8. The third-order valence-corrected chi connectivity index (χ3v) is 13.5. The molecule has 326 valence electrons. The molecule has 0 bridgehead atoms. The number of hydrogen-bond acceptors (Lipinski definition) is 11. The van der Waals surface area contributed by atoms with E-state index >= 15 is 0 Å². The van der Waals surface area contributed by atoms with Crippen LogP contribution in [0.5, 0.6) is 11.5 Å². The molecule has 14 heteroatoms. The lowest BCUT2D eigenvalue weighted by Gasteiger charge is -2.35. The van der Waals surface area contributed by atoms with Crippen molar-refractivity contribution < 1.29 is 42.9 Å². The van der Waals surface area contributed by atoms with Gasteiger partial charge < -0.3 is 28.6 Å². The molecular formula is C46H61ClN4O9. The van der Waals surface area contributed by atoms with E-state index in [0.29, 0.717) is 64.0 Å². The van der Waals surface area contributed by atoms with Gasteiger partial charge in [-0.2, -0.15) is 5.10 Å². The van der Waals surface area contributed by atoms with Crippen LogP contribution in [-0.4, -0.2) is 95.5 Å². The van der Waals surface area contributed by atoms with E-state index in [4.69, 9.17) is 45.4 Å². The fourth-order valence-corrected chi connectivity index (χ4v) is 9.85. The van der Waals surface area contributed by atoms with Gasteiger partial charge in [0.15, 0.2) is 11.6 Å². The molecule has 1 aliphatic heterocycles. The average molecular weight is 849 g/mol. The topological polar surface area (TPSA) is 148 Å². The molecule has 1 saturated heterocycles. The van der Waals surface area contributed by atoms with Crippen LogP contribution < -0.4 is 9.47 Å². The van der Waals surface area contributed by atoms with Crippen LogP contribution in [0.15, 0.2) is 30.5 Å². The number of likely N-dealkylation sites (tertiary alicyclic amines) is 1. The van der Waals surface area contributed by atoms with Crippen molar-refractivity contribution >= 4 is 46.1 Å². The van der Waals surface area contributed by atoms with Crippen molar-refractivity contribution in [3.63, 3.8) is 0 Å². The Balaban J connectivity index is 1.21. The number of benzene rings is 1. The van der Waals surface area contributed by atoms with Crippen molar-refractivity contribution in [3.8, 4) is 17.3 Å². The van der Waals surface area contributed by atoms with E-state index in [2.05, 4.69) is 13.8 Å². The molecule has 3 saturated carbocycles. The monoisotopic (exact) mass is 848 g/mol. The molecule has 4 fully saturated rings. The van der Waals surface area contributed by atoms with Gasteiger partial charge in [-0.05, 0) is 79.4 Å². The first-order valence-corrected chi connectivity index (χ1v) is 22.0. The average Bonchev–Trinajstić information content (AvgIpc) is 3.86. The summed E-state index contributed by atoms with van der Waals surface area (Å²) in [5.74, 6) is 0.934. The summed E-state index contributed by atoms with van der Waals surface area (Å²) in [6, 6.07) is 6.44. The molecule has 1 amide bonds. The van der Waals surface area contributed by atoms with Gasteiger partial charge >= 0.3 is 11.9 Å². The standard InChI is InChI=1S/C46H61ClN4O9/c1-9-29-23-46(29,44(55)57-8)24-36(52)35-20-32(25-50(35)43(54)34(45(4,5)6)21-40(53)60-31-18-27-17-28(27)19-31)59-38-22-39(51-13-12-30(49-51)16-26(2)3)48-42-33(38)10-11-37(41(42)47)58-15-14-56-7/h10-13,22,26-29,31-32,34-35H,9,14-21,23-25H2,1-8H3/t27-,28+,29-,31?,32-,34-,35+,46-/m1/s1. The molecular weight excluding hydrogens is 788 g/mol. The zero-order chi connectivity index (χ0) is 43.1. The van der Waals surface area contributed by atoms with Gasteiger partial charge in [0.05, 0.1) is 55.3 Å². The van der Waals surface area contributed by atoms with Crippen LogP contribution in [0.4, 0.5) is 0 Å². The second kappa shape index (κ2) is 17.6. The van der Waals surface area contributed by atoms with Gasteiger partial charge in [-0.3, -0.25) is 19.2 Å². The fourth-order valence-electron chi connectivity index (χ4n) is 9.59. The van der Waals surface area contributed by atoms with Crippen LogP contribution in [0.3, 0.4) is 0 Å². The number of methoxy groups -OCH3 is 2. The number of esters is 2. The van der Waals surface area contributed by atoms with Crippen LogP contribution in [0.2, 0.25) is 5.02 Å². The van der Waals surface area contributed by atoms with Gasteiger partial charge in [-0.15, -0.1) is 0 Å². The van der Waals surface area contributed by atoms with E-state index in [1.165, 1.54) is 13.5 Å². The number of aromatic nitrogens is 3. The largest absolute Gasteiger partial charge is 0.490 e. The van der Waals surface area contributed by atoms with Crippen LogP contribution >= 0.6 is 11.6 Å². The van der Waals surface area contributed by atoms with Crippen molar-refractivity contribution in [2.75, 3.05) is 34.0 Å². The van der Waals surface area contributed by atoms with E-state index in [1.54, 1.807) is 28.8 Å². The zero-order valence-electron chi connectivity index (χ0n) is 36.3. The highest BCUT2D eigenvalue weighted by Gasteiger charge is 2.62. The first-order chi connectivity index (χ1) is 28.5. The highest BCUT2D eigenvalue weighted by Crippen LogP contribution is 2.58. The summed E-state index contributed by atoms with van der Waals surface area (Å²) in [6.07, 6.45) is 6.16. The number of ketones is 1. The summed E-state index contributed by atoms with van der Waals surface area (Å²) < 4.78 is 30.8. The van der Waals surface area contributed by atoms with Crippen molar-refractivity contribution in [1.82, 2.24) is 19.7 Å². The molecule has 1 aromatic carbocycles. The summed E-state index contributed by atoms with van der Waals surface area (Å²) in [5, 5.41) is 5.70. The van der Waals surface area contributed by atoms with Crippen LogP contribution in [-0.2, 0) is 39.8 Å². The second-order valence-electron chi connectivity index (χ2n) is 19.0. The maximum absolute atomic E-state index is 14.9. The molecule has 2 aromatic heterocycles. The Morgan fingerprint density at radius 3 is 2.38 bits per heavy atom. The van der Waals surface area contributed by atoms with E-state index < -0.39 is 40.8 Å². The maximum atomic E-state index is 14.9. The summed E-state index contributed by atoms with van der Waals surface area (Å²) in [4.78, 5) is 62.6. The predicted molar refractivity (Wildman–Crippen MR) is 225 cm³/mol. The van der Waals surface area contributed by atoms with Gasteiger partial charge in [0.1, 0.15) is 35.3 Å². The number of pyridine rings is 1. The van der Waals surface area contributed by atoms with E-state index in [1.807, 2.05) is 46.0 Å². The Labute approximate surface area is 358 Å². The van der Waals surface area contributed by atoms with Crippen LogP contribution in [0.1, 0.15) is 98.6 Å². The lowest BCUT2D eigenvalue weighted by Crippen LogP contribution is -2.48. The lowest BCUT2D eigenvalue weighted by atomic mass is 9.77. The minimum Gasteiger partial charge on any atom is -0.490 e. The van der Waals surface area contributed by atoms with Crippen molar-refractivity contribution in [1.29, 1.82) is 0 Å². The molecule has 3 aliphatic carbocycles. The molecule has 0 N–H and O–H groups in total. The molecule has 4 aliphatic rings. The van der Waals surface area contributed by atoms with Gasteiger partial charge in [-0.1, -0.05) is 59.6 Å². The Morgan fingerprint density at radius 1 is 0.983 bits per heavy atom. The second-order valence-corrected chi connectivity index (χ2v) is 19.4. The van der Waals surface area contributed by atoms with Crippen LogP contribution in [0, 0.1) is 40.4 Å². The number of ether oxygens (including phenoxy) is 5. The number of carbonyl (C=O) groups excluding carboxylic acids is 4. The molecule has 1 unspecified atom stereocenters. The zero-order valence-corrected chi connectivity index (χ0v) is 37.1. The Kier molecular flexibility index (Phi) is 12.9. The van der Waals surface area contributed by atoms with Gasteiger partial charge in [-0.25, -0.2) is 9.67 Å². The van der Waals surface area contributed by atoms with E-state index in [-0.39, 0.29) is 56.1 Å². The first kappa shape index (κ1) is 43.8. The number of carbonyl (C=O) groups is 4. The molecule has 0 radical (unpaired) electrons. The Bertz CT molecular complexity index is 2090. The summed E-state index contributed by atoms with van der Waals surface area (Å²) in [7, 11) is 2.94. The smallest absolute Gasteiger partial charge is 0.312 e. The molecule has 7 rings (SSSR count). The lowest BCUT2D eigenvalue weighted by molar-refractivity contribution is -0.157. The quantitative estimate of drug-likeness (QED) is 0.0921. The minimum atomic E-state index is -0.919. The number of rotatable bonds is 18. The number of fused-ring (bicyclic) bond motifs is 2.